The molecule has 0 amide bonds. The van der Waals surface area contributed by atoms with Crippen molar-refractivity contribution in [3.8, 4) is 0 Å². The molecule has 1 aromatic heterocycles. The molecule has 4 heteroatoms. The first-order valence-electron chi connectivity index (χ1n) is 7.72. The van der Waals surface area contributed by atoms with Crippen molar-refractivity contribution in [1.82, 2.24) is 9.55 Å². The lowest BCUT2D eigenvalue weighted by Crippen LogP contribution is -2.46. The zero-order valence-corrected chi connectivity index (χ0v) is 12.6. The number of anilines is 1. The van der Waals surface area contributed by atoms with E-state index in [0.717, 1.165) is 38.3 Å². The molecule has 0 spiro atoms. The van der Waals surface area contributed by atoms with Crippen molar-refractivity contribution in [2.45, 2.75) is 38.3 Å². The minimum Gasteiger partial charge on any atom is -0.389 e. The second kappa shape index (κ2) is 5.90. The van der Waals surface area contributed by atoms with E-state index in [-0.39, 0.29) is 0 Å². The summed E-state index contributed by atoms with van der Waals surface area (Å²) in [5, 5.41) is 10.8. The number of imidazole rings is 1. The molecule has 1 aliphatic heterocycles. The molecule has 0 saturated carbocycles. The van der Waals surface area contributed by atoms with Gasteiger partial charge in [0.1, 0.15) is 5.82 Å². The lowest BCUT2D eigenvalue weighted by Gasteiger charge is -2.39. The van der Waals surface area contributed by atoms with Gasteiger partial charge in [-0.25, -0.2) is 4.98 Å². The van der Waals surface area contributed by atoms with E-state index in [1.807, 2.05) is 18.5 Å². The predicted octanol–water partition coefficient (Wildman–Crippen LogP) is 2.48. The maximum absolute atomic E-state index is 10.8. The van der Waals surface area contributed by atoms with Gasteiger partial charge in [0, 0.05) is 44.1 Å². The number of piperidine rings is 1. The summed E-state index contributed by atoms with van der Waals surface area (Å²) in [6.07, 6.45) is 6.03. The molecule has 3 rings (SSSR count). The highest BCUT2D eigenvalue weighted by Crippen LogP contribution is 2.28. The SMILES string of the molecule is CCn1ccnc1CC1(O)CCN(c2ccccc2)CC1. The average Bonchev–Trinajstić information content (AvgIpc) is 2.95. The van der Waals surface area contributed by atoms with Crippen molar-refractivity contribution in [2.75, 3.05) is 18.0 Å². The molecular weight excluding hydrogens is 262 g/mol. The molecular formula is C17H23N3O. The van der Waals surface area contributed by atoms with E-state index in [4.69, 9.17) is 0 Å². The fraction of sp³-hybridized carbons (Fsp3) is 0.471. The third-order valence-corrected chi connectivity index (χ3v) is 4.45. The molecule has 0 bridgehead atoms. The summed E-state index contributed by atoms with van der Waals surface area (Å²) < 4.78 is 2.11. The van der Waals surface area contributed by atoms with Gasteiger partial charge in [-0.1, -0.05) is 18.2 Å². The Kier molecular flexibility index (Phi) is 3.97. The zero-order chi connectivity index (χ0) is 14.7. The van der Waals surface area contributed by atoms with Crippen LogP contribution in [0.2, 0.25) is 0 Å². The molecule has 112 valence electrons. The van der Waals surface area contributed by atoms with Gasteiger partial charge >= 0.3 is 0 Å². The number of hydrogen-bond donors (Lipinski definition) is 1. The van der Waals surface area contributed by atoms with Gasteiger partial charge < -0.3 is 14.6 Å². The molecule has 1 aromatic carbocycles. The normalized spacial score (nSPS) is 17.9. The molecule has 0 unspecified atom stereocenters. The average molecular weight is 285 g/mol. The van der Waals surface area contributed by atoms with Crippen molar-refractivity contribution >= 4 is 5.69 Å². The highest BCUT2D eigenvalue weighted by Gasteiger charge is 2.33. The number of rotatable bonds is 4. The summed E-state index contributed by atoms with van der Waals surface area (Å²) in [4.78, 5) is 6.74. The Labute approximate surface area is 126 Å². The van der Waals surface area contributed by atoms with Crippen LogP contribution < -0.4 is 4.90 Å². The summed E-state index contributed by atoms with van der Waals surface area (Å²) in [6.45, 7) is 4.80. The molecule has 1 aliphatic rings. The van der Waals surface area contributed by atoms with E-state index in [1.165, 1.54) is 5.69 Å². The first kappa shape index (κ1) is 14.1. The Morgan fingerprint density at radius 1 is 1.19 bits per heavy atom. The Bertz CT molecular complexity index is 571. The number of aromatic nitrogens is 2. The molecule has 1 saturated heterocycles. The van der Waals surface area contributed by atoms with Gasteiger partial charge in [-0.2, -0.15) is 0 Å². The lowest BCUT2D eigenvalue weighted by molar-refractivity contribution is 0.0140. The van der Waals surface area contributed by atoms with Crippen molar-refractivity contribution in [3.63, 3.8) is 0 Å². The van der Waals surface area contributed by atoms with Crippen LogP contribution in [0.1, 0.15) is 25.6 Å². The number of nitrogens with zero attached hydrogens (tertiary/aromatic N) is 3. The molecule has 4 nitrogen and oxygen atoms in total. The van der Waals surface area contributed by atoms with Crippen LogP contribution in [0.15, 0.2) is 42.7 Å². The van der Waals surface area contributed by atoms with E-state index < -0.39 is 5.60 Å². The summed E-state index contributed by atoms with van der Waals surface area (Å²) in [6, 6.07) is 10.4. The monoisotopic (exact) mass is 285 g/mol. The minimum atomic E-state index is -0.621. The summed E-state index contributed by atoms with van der Waals surface area (Å²) in [5.41, 5.74) is 0.624. The predicted molar refractivity (Wildman–Crippen MR) is 84.4 cm³/mol. The first-order chi connectivity index (χ1) is 10.2. The van der Waals surface area contributed by atoms with E-state index in [0.29, 0.717) is 6.42 Å². The highest BCUT2D eigenvalue weighted by molar-refractivity contribution is 5.46. The van der Waals surface area contributed by atoms with Crippen LogP contribution in [-0.2, 0) is 13.0 Å². The number of benzene rings is 1. The van der Waals surface area contributed by atoms with Gasteiger partial charge in [0.2, 0.25) is 0 Å². The maximum atomic E-state index is 10.8. The summed E-state index contributed by atoms with van der Waals surface area (Å²) in [5.74, 6) is 0.994. The number of hydrogen-bond acceptors (Lipinski definition) is 3. The first-order valence-corrected chi connectivity index (χ1v) is 7.72. The van der Waals surface area contributed by atoms with Crippen LogP contribution in [0.4, 0.5) is 5.69 Å². The topological polar surface area (TPSA) is 41.3 Å². The highest BCUT2D eigenvalue weighted by atomic mass is 16.3. The van der Waals surface area contributed by atoms with Gasteiger partial charge in [0.15, 0.2) is 0 Å². The van der Waals surface area contributed by atoms with Gasteiger partial charge in [-0.3, -0.25) is 0 Å². The van der Waals surface area contributed by atoms with Crippen LogP contribution in [0, 0.1) is 0 Å². The quantitative estimate of drug-likeness (QED) is 0.938. The summed E-state index contributed by atoms with van der Waals surface area (Å²) in [7, 11) is 0. The van der Waals surface area contributed by atoms with E-state index >= 15 is 0 Å². The molecule has 21 heavy (non-hydrogen) atoms. The Morgan fingerprint density at radius 2 is 1.90 bits per heavy atom. The van der Waals surface area contributed by atoms with Crippen LogP contribution in [0.25, 0.3) is 0 Å². The standard InChI is InChI=1S/C17H23N3O/c1-2-19-13-10-18-16(19)14-17(21)8-11-20(12-9-17)15-6-4-3-5-7-15/h3-7,10,13,21H,2,8-9,11-12,14H2,1H3. The third kappa shape index (κ3) is 3.10. The van der Waals surface area contributed by atoms with Crippen LogP contribution in [0.3, 0.4) is 0 Å². The fourth-order valence-corrected chi connectivity index (χ4v) is 3.09. The lowest BCUT2D eigenvalue weighted by atomic mass is 9.87. The van der Waals surface area contributed by atoms with E-state index in [2.05, 4.69) is 45.6 Å². The van der Waals surface area contributed by atoms with Crippen molar-refractivity contribution in [1.29, 1.82) is 0 Å². The van der Waals surface area contributed by atoms with Crippen molar-refractivity contribution < 1.29 is 5.11 Å². The van der Waals surface area contributed by atoms with Gasteiger partial charge in [0.05, 0.1) is 5.60 Å². The Morgan fingerprint density at radius 3 is 2.57 bits per heavy atom. The van der Waals surface area contributed by atoms with Crippen molar-refractivity contribution in [2.24, 2.45) is 0 Å². The van der Waals surface area contributed by atoms with Gasteiger partial charge in [-0.15, -0.1) is 0 Å². The molecule has 0 atom stereocenters. The van der Waals surface area contributed by atoms with Crippen LogP contribution in [-0.4, -0.2) is 33.3 Å². The zero-order valence-electron chi connectivity index (χ0n) is 12.6. The number of para-hydroxylation sites is 1. The minimum absolute atomic E-state index is 0.621. The fourth-order valence-electron chi connectivity index (χ4n) is 3.09. The number of aryl methyl sites for hydroxylation is 1. The molecule has 2 aromatic rings. The molecule has 2 heterocycles. The van der Waals surface area contributed by atoms with Crippen LogP contribution >= 0.6 is 0 Å². The summed E-state index contributed by atoms with van der Waals surface area (Å²) >= 11 is 0. The largest absolute Gasteiger partial charge is 0.389 e. The van der Waals surface area contributed by atoms with Gasteiger partial charge in [0.25, 0.3) is 0 Å². The van der Waals surface area contributed by atoms with Crippen molar-refractivity contribution in [3.05, 3.63) is 48.5 Å². The molecule has 1 N–H and O–H groups in total. The van der Waals surface area contributed by atoms with E-state index in [9.17, 15) is 5.11 Å². The Hall–Kier alpha value is -1.81. The second-order valence-corrected chi connectivity index (χ2v) is 5.85. The smallest absolute Gasteiger partial charge is 0.111 e. The second-order valence-electron chi connectivity index (χ2n) is 5.85. The molecule has 0 radical (unpaired) electrons. The maximum Gasteiger partial charge on any atom is 0.111 e. The van der Waals surface area contributed by atoms with Crippen LogP contribution in [0.5, 0.6) is 0 Å². The third-order valence-electron chi connectivity index (χ3n) is 4.45. The number of aliphatic hydroxyl groups is 1. The molecule has 1 fully saturated rings. The molecule has 0 aliphatic carbocycles. The van der Waals surface area contributed by atoms with Gasteiger partial charge in [-0.05, 0) is 31.9 Å². The van der Waals surface area contributed by atoms with E-state index in [1.54, 1.807) is 0 Å². The Balaban J connectivity index is 1.64.